The normalized spacial score (nSPS) is 12.2. The third kappa shape index (κ3) is 5.01. The zero-order valence-electron chi connectivity index (χ0n) is 9.99. The number of rotatable bonds is 6. The van der Waals surface area contributed by atoms with Crippen molar-refractivity contribution in [1.29, 1.82) is 0 Å². The van der Waals surface area contributed by atoms with Crippen LogP contribution in [0.15, 0.2) is 18.2 Å². The smallest absolute Gasteiger partial charge is 0.322 e. The maximum Gasteiger partial charge on any atom is 0.322 e. The van der Waals surface area contributed by atoms with Crippen LogP contribution < -0.4 is 5.73 Å². The highest BCUT2D eigenvalue weighted by Gasteiger charge is 2.12. The summed E-state index contributed by atoms with van der Waals surface area (Å²) >= 11 is 1.46. The predicted molar refractivity (Wildman–Crippen MR) is 67.1 cm³/mol. The average Bonchev–Trinajstić information content (AvgIpc) is 2.32. The Kier molecular flexibility index (Phi) is 6.07. The number of carbonyl (C=O) groups is 1. The summed E-state index contributed by atoms with van der Waals surface area (Å²) < 4.78 is 30.3. The first-order valence-electron chi connectivity index (χ1n) is 5.39. The Labute approximate surface area is 109 Å². The van der Waals surface area contributed by atoms with Gasteiger partial charge < -0.3 is 10.5 Å². The molecule has 1 aromatic carbocycles. The van der Waals surface area contributed by atoms with Gasteiger partial charge >= 0.3 is 5.97 Å². The average molecular weight is 275 g/mol. The van der Waals surface area contributed by atoms with Crippen LogP contribution >= 0.6 is 11.8 Å². The van der Waals surface area contributed by atoms with Gasteiger partial charge in [0.05, 0.1) is 7.11 Å². The van der Waals surface area contributed by atoms with Crippen molar-refractivity contribution in [2.45, 2.75) is 18.2 Å². The molecule has 0 fully saturated rings. The van der Waals surface area contributed by atoms with E-state index in [4.69, 9.17) is 5.73 Å². The molecule has 100 valence electrons. The molecule has 0 aromatic heterocycles. The zero-order valence-corrected chi connectivity index (χ0v) is 10.8. The third-order valence-corrected chi connectivity index (χ3v) is 3.33. The number of hydrogen-bond donors (Lipinski definition) is 1. The topological polar surface area (TPSA) is 52.3 Å². The van der Waals surface area contributed by atoms with Crippen LogP contribution in [0.3, 0.4) is 0 Å². The minimum absolute atomic E-state index is 0.451. The van der Waals surface area contributed by atoms with Crippen molar-refractivity contribution in [1.82, 2.24) is 0 Å². The maximum atomic E-state index is 12.9. The lowest BCUT2D eigenvalue weighted by Gasteiger charge is -2.08. The lowest BCUT2D eigenvalue weighted by atomic mass is 10.2. The van der Waals surface area contributed by atoms with Gasteiger partial charge in [-0.25, -0.2) is 8.78 Å². The molecule has 0 bridgehead atoms. The molecule has 0 aliphatic heterocycles. The minimum atomic E-state index is -0.647. The molecule has 0 saturated heterocycles. The van der Waals surface area contributed by atoms with Gasteiger partial charge in [-0.05, 0) is 29.9 Å². The van der Waals surface area contributed by atoms with Gasteiger partial charge in [-0.1, -0.05) is 0 Å². The first-order chi connectivity index (χ1) is 8.52. The number of carbonyl (C=O) groups excluding carboxylic acids is 1. The number of methoxy groups -OCH3 is 1. The molecule has 0 amide bonds. The van der Waals surface area contributed by atoms with Crippen LogP contribution in [0.4, 0.5) is 8.78 Å². The van der Waals surface area contributed by atoms with Crippen LogP contribution in [-0.2, 0) is 15.3 Å². The maximum absolute atomic E-state index is 12.9. The Morgan fingerprint density at radius 1 is 1.39 bits per heavy atom. The highest BCUT2D eigenvalue weighted by Crippen LogP contribution is 2.16. The second kappa shape index (κ2) is 7.33. The van der Waals surface area contributed by atoms with E-state index in [0.29, 0.717) is 23.5 Å². The quantitative estimate of drug-likeness (QED) is 0.638. The van der Waals surface area contributed by atoms with Gasteiger partial charge in [0, 0.05) is 11.8 Å². The van der Waals surface area contributed by atoms with E-state index in [1.165, 1.54) is 31.0 Å². The van der Waals surface area contributed by atoms with Gasteiger partial charge in [0.15, 0.2) is 0 Å². The largest absolute Gasteiger partial charge is 0.468 e. The number of ether oxygens (including phenoxy) is 1. The second-order valence-electron chi connectivity index (χ2n) is 3.75. The van der Waals surface area contributed by atoms with Crippen molar-refractivity contribution >= 4 is 17.7 Å². The molecular formula is C12H15F2NO2S. The van der Waals surface area contributed by atoms with Gasteiger partial charge in [0.25, 0.3) is 0 Å². The summed E-state index contributed by atoms with van der Waals surface area (Å²) in [5.41, 5.74) is 6.12. The molecule has 0 aliphatic rings. The lowest BCUT2D eigenvalue weighted by Crippen LogP contribution is -2.31. The highest BCUT2D eigenvalue weighted by atomic mass is 32.2. The Hall–Kier alpha value is -1.14. The Morgan fingerprint density at radius 2 is 2.00 bits per heavy atom. The van der Waals surface area contributed by atoms with Gasteiger partial charge in [-0.2, -0.15) is 11.8 Å². The monoisotopic (exact) mass is 275 g/mol. The van der Waals surface area contributed by atoms with Crippen LogP contribution in [-0.4, -0.2) is 24.9 Å². The number of nitrogens with two attached hydrogens (primary N) is 1. The van der Waals surface area contributed by atoms with E-state index in [-0.39, 0.29) is 0 Å². The molecule has 0 radical (unpaired) electrons. The molecule has 1 unspecified atom stereocenters. The van der Waals surface area contributed by atoms with Crippen molar-refractivity contribution in [3.05, 3.63) is 35.4 Å². The molecule has 0 heterocycles. The molecule has 0 saturated carbocycles. The van der Waals surface area contributed by atoms with Gasteiger partial charge in [-0.15, -0.1) is 0 Å². The first kappa shape index (κ1) is 14.9. The fourth-order valence-electron chi connectivity index (χ4n) is 1.36. The second-order valence-corrected chi connectivity index (χ2v) is 4.85. The summed E-state index contributed by atoms with van der Waals surface area (Å²) in [6.07, 6.45) is 0.467. The molecule has 0 aliphatic carbocycles. The summed E-state index contributed by atoms with van der Waals surface area (Å²) in [5.74, 6) is -0.530. The summed E-state index contributed by atoms with van der Waals surface area (Å²) in [6.45, 7) is 0. The van der Waals surface area contributed by atoms with E-state index in [1.54, 1.807) is 0 Å². The van der Waals surface area contributed by atoms with Crippen LogP contribution in [0, 0.1) is 11.6 Å². The molecule has 0 spiro atoms. The van der Waals surface area contributed by atoms with Crippen molar-refractivity contribution in [3.8, 4) is 0 Å². The number of halogens is 2. The molecule has 1 atom stereocenters. The van der Waals surface area contributed by atoms with Crippen LogP contribution in [0.5, 0.6) is 0 Å². The number of thioether (sulfide) groups is 1. The fourth-order valence-corrected chi connectivity index (χ4v) is 2.33. The summed E-state index contributed by atoms with van der Waals surface area (Å²) in [4.78, 5) is 11.0. The first-order valence-corrected chi connectivity index (χ1v) is 6.54. The molecule has 18 heavy (non-hydrogen) atoms. The fraction of sp³-hybridized carbons (Fsp3) is 0.417. The van der Waals surface area contributed by atoms with E-state index >= 15 is 0 Å². The number of hydrogen-bond acceptors (Lipinski definition) is 4. The van der Waals surface area contributed by atoms with Gasteiger partial charge in [0.1, 0.15) is 17.7 Å². The molecule has 1 rings (SSSR count). The Morgan fingerprint density at radius 3 is 2.56 bits per heavy atom. The minimum Gasteiger partial charge on any atom is -0.468 e. The van der Waals surface area contributed by atoms with Crippen molar-refractivity contribution in [2.24, 2.45) is 5.73 Å². The molecule has 3 nitrogen and oxygen atoms in total. The summed E-state index contributed by atoms with van der Waals surface area (Å²) in [6, 6.07) is 2.76. The third-order valence-electron chi connectivity index (χ3n) is 2.27. The Bertz CT molecular complexity index is 395. The molecule has 2 N–H and O–H groups in total. The van der Waals surface area contributed by atoms with Crippen molar-refractivity contribution in [3.63, 3.8) is 0 Å². The zero-order chi connectivity index (χ0) is 13.5. The molecule has 1 aromatic rings. The molecule has 6 heteroatoms. The van der Waals surface area contributed by atoms with Crippen LogP contribution in [0.2, 0.25) is 0 Å². The molecular weight excluding hydrogens is 260 g/mol. The number of benzene rings is 1. The van der Waals surface area contributed by atoms with Crippen molar-refractivity contribution < 1.29 is 18.3 Å². The summed E-state index contributed by atoms with van der Waals surface area (Å²) in [7, 11) is 1.28. The SMILES string of the molecule is COC(=O)C(N)CCSCc1cc(F)cc(F)c1. The van der Waals surface area contributed by atoms with E-state index < -0.39 is 23.6 Å². The van der Waals surface area contributed by atoms with E-state index in [2.05, 4.69) is 4.74 Å². The van der Waals surface area contributed by atoms with Crippen LogP contribution in [0.25, 0.3) is 0 Å². The standard InChI is InChI=1S/C12H15F2NO2S/c1-17-12(16)11(15)2-3-18-7-8-4-9(13)6-10(14)5-8/h4-6,11H,2-3,7,15H2,1H3. The van der Waals surface area contributed by atoms with Crippen molar-refractivity contribution in [2.75, 3.05) is 12.9 Å². The van der Waals surface area contributed by atoms with Crippen LogP contribution in [0.1, 0.15) is 12.0 Å². The van der Waals surface area contributed by atoms with E-state index in [9.17, 15) is 13.6 Å². The summed E-state index contributed by atoms with van der Waals surface area (Å²) in [5, 5.41) is 0. The van der Waals surface area contributed by atoms with E-state index in [0.717, 1.165) is 6.07 Å². The highest BCUT2D eigenvalue weighted by molar-refractivity contribution is 7.98. The lowest BCUT2D eigenvalue weighted by molar-refractivity contribution is -0.142. The predicted octanol–water partition coefficient (Wildman–Crippen LogP) is 2.09. The van der Waals surface area contributed by atoms with Gasteiger partial charge in [0.2, 0.25) is 0 Å². The van der Waals surface area contributed by atoms with E-state index in [1.807, 2.05) is 0 Å². The number of esters is 1. The Balaban J connectivity index is 2.31. The van der Waals surface area contributed by atoms with Gasteiger partial charge in [-0.3, -0.25) is 4.79 Å².